The van der Waals surface area contributed by atoms with E-state index in [4.69, 9.17) is 4.74 Å². The molecule has 1 amide bonds. The Hall–Kier alpha value is -2.69. The number of hydrogen-bond donors (Lipinski definition) is 1. The molecule has 2 heterocycles. The van der Waals surface area contributed by atoms with Crippen LogP contribution in [-0.2, 0) is 11.8 Å². The van der Waals surface area contributed by atoms with Gasteiger partial charge in [0.15, 0.2) is 5.69 Å². The molecular formula is C19H21FN4O2. The van der Waals surface area contributed by atoms with Gasteiger partial charge in [-0.2, -0.15) is 5.10 Å². The number of hydrogen-bond acceptors (Lipinski definition) is 4. The highest BCUT2D eigenvalue weighted by Crippen LogP contribution is 2.05. The van der Waals surface area contributed by atoms with Crippen molar-refractivity contribution in [2.24, 2.45) is 7.05 Å². The molecular weight excluding hydrogens is 335 g/mol. The van der Waals surface area contributed by atoms with Crippen LogP contribution in [0.4, 0.5) is 4.39 Å². The van der Waals surface area contributed by atoms with Crippen LogP contribution in [-0.4, -0.2) is 60.0 Å². The molecule has 0 unspecified atom stereocenters. The van der Waals surface area contributed by atoms with Gasteiger partial charge in [-0.3, -0.25) is 14.4 Å². The minimum absolute atomic E-state index is 0.229. The third-order valence-electron chi connectivity index (χ3n) is 4.09. The predicted molar refractivity (Wildman–Crippen MR) is 95.2 cm³/mol. The Morgan fingerprint density at radius 2 is 2.12 bits per heavy atom. The summed E-state index contributed by atoms with van der Waals surface area (Å²) < 4.78 is 20.0. The molecule has 1 fully saturated rings. The summed E-state index contributed by atoms with van der Waals surface area (Å²) >= 11 is 0. The third-order valence-corrected chi connectivity index (χ3v) is 4.09. The highest BCUT2D eigenvalue weighted by Gasteiger charge is 2.13. The van der Waals surface area contributed by atoms with Gasteiger partial charge in [0.25, 0.3) is 5.91 Å². The Balaban J connectivity index is 1.57. The molecule has 0 aliphatic carbocycles. The van der Waals surface area contributed by atoms with Gasteiger partial charge < -0.3 is 10.1 Å². The highest BCUT2D eigenvalue weighted by molar-refractivity contribution is 5.92. The van der Waals surface area contributed by atoms with Crippen molar-refractivity contribution < 1.29 is 13.9 Å². The van der Waals surface area contributed by atoms with Crippen molar-refractivity contribution >= 4 is 5.91 Å². The molecule has 6 nitrogen and oxygen atoms in total. The molecule has 0 atom stereocenters. The van der Waals surface area contributed by atoms with Crippen LogP contribution in [0.5, 0.6) is 0 Å². The van der Waals surface area contributed by atoms with E-state index in [1.165, 1.54) is 12.1 Å². The molecule has 3 rings (SSSR count). The normalized spacial score (nSPS) is 14.5. The Labute approximate surface area is 151 Å². The number of carbonyl (C=O) groups is 1. The third kappa shape index (κ3) is 4.91. The molecule has 1 aliphatic rings. The topological polar surface area (TPSA) is 59.4 Å². The number of morpholine rings is 1. The van der Waals surface area contributed by atoms with Crippen LogP contribution >= 0.6 is 0 Å². The van der Waals surface area contributed by atoms with E-state index >= 15 is 0 Å². The van der Waals surface area contributed by atoms with Gasteiger partial charge in [-0.1, -0.05) is 12.0 Å². The SMILES string of the molecule is Cn1nc(C(=O)NCCN2CCOCC2)cc1C#Cc1cccc(F)c1. The van der Waals surface area contributed by atoms with E-state index in [9.17, 15) is 9.18 Å². The summed E-state index contributed by atoms with van der Waals surface area (Å²) in [6, 6.07) is 7.70. The first kappa shape index (κ1) is 18.1. The first-order valence-corrected chi connectivity index (χ1v) is 8.52. The van der Waals surface area contributed by atoms with Crippen molar-refractivity contribution in [1.82, 2.24) is 20.0 Å². The summed E-state index contributed by atoms with van der Waals surface area (Å²) in [5.74, 6) is 5.24. The van der Waals surface area contributed by atoms with Gasteiger partial charge in [-0.15, -0.1) is 0 Å². The van der Waals surface area contributed by atoms with E-state index < -0.39 is 0 Å². The van der Waals surface area contributed by atoms with Crippen molar-refractivity contribution in [1.29, 1.82) is 0 Å². The summed E-state index contributed by atoms with van der Waals surface area (Å²) in [5.41, 5.74) is 1.48. The zero-order chi connectivity index (χ0) is 18.4. The molecule has 1 aromatic carbocycles. The average molecular weight is 356 g/mol. The molecule has 0 radical (unpaired) electrons. The number of nitrogens with one attached hydrogen (secondary N) is 1. The molecule has 1 saturated heterocycles. The Morgan fingerprint density at radius 3 is 2.88 bits per heavy atom. The lowest BCUT2D eigenvalue weighted by Gasteiger charge is -2.26. The van der Waals surface area contributed by atoms with Crippen LogP contribution in [0.2, 0.25) is 0 Å². The van der Waals surface area contributed by atoms with Crippen molar-refractivity contribution in [2.75, 3.05) is 39.4 Å². The number of nitrogens with zero attached hydrogens (tertiary/aromatic N) is 3. The van der Waals surface area contributed by atoms with Gasteiger partial charge in [-0.25, -0.2) is 4.39 Å². The van der Waals surface area contributed by atoms with Gasteiger partial charge in [0.2, 0.25) is 0 Å². The van der Waals surface area contributed by atoms with Gasteiger partial charge in [0.05, 0.1) is 13.2 Å². The van der Waals surface area contributed by atoms with Crippen LogP contribution in [0.1, 0.15) is 21.7 Å². The van der Waals surface area contributed by atoms with Crippen molar-refractivity contribution in [3.8, 4) is 11.8 Å². The van der Waals surface area contributed by atoms with Gasteiger partial charge in [0.1, 0.15) is 11.5 Å². The molecule has 1 N–H and O–H groups in total. The summed E-state index contributed by atoms with van der Waals surface area (Å²) in [5, 5.41) is 7.07. The number of benzene rings is 1. The molecule has 2 aromatic rings. The van der Waals surface area contributed by atoms with Crippen LogP contribution < -0.4 is 5.32 Å². The number of aryl methyl sites for hydroxylation is 1. The summed E-state index contributed by atoms with van der Waals surface area (Å²) in [6.45, 7) is 4.59. The number of ether oxygens (including phenoxy) is 1. The Morgan fingerprint density at radius 1 is 1.31 bits per heavy atom. The van der Waals surface area contributed by atoms with Crippen molar-refractivity contribution in [3.63, 3.8) is 0 Å². The van der Waals surface area contributed by atoms with Crippen LogP contribution in [0.25, 0.3) is 0 Å². The fraction of sp³-hybridized carbons (Fsp3) is 0.368. The quantitative estimate of drug-likeness (QED) is 0.831. The molecule has 1 aromatic heterocycles. The largest absolute Gasteiger partial charge is 0.379 e. The van der Waals surface area contributed by atoms with E-state index in [1.807, 2.05) is 0 Å². The summed E-state index contributed by atoms with van der Waals surface area (Å²) in [7, 11) is 1.72. The molecule has 7 heteroatoms. The lowest BCUT2D eigenvalue weighted by Crippen LogP contribution is -2.41. The predicted octanol–water partition coefficient (Wildman–Crippen LogP) is 1.02. The zero-order valence-electron chi connectivity index (χ0n) is 14.7. The molecule has 0 spiro atoms. The fourth-order valence-electron chi connectivity index (χ4n) is 2.64. The van der Waals surface area contributed by atoms with E-state index in [0.29, 0.717) is 23.5 Å². The maximum absolute atomic E-state index is 13.2. The number of aromatic nitrogens is 2. The maximum atomic E-state index is 13.2. The molecule has 26 heavy (non-hydrogen) atoms. The molecule has 0 saturated carbocycles. The minimum Gasteiger partial charge on any atom is -0.379 e. The second-order valence-electron chi connectivity index (χ2n) is 6.01. The second kappa shape index (κ2) is 8.61. The van der Waals surface area contributed by atoms with Crippen LogP contribution in [0.15, 0.2) is 30.3 Å². The van der Waals surface area contributed by atoms with E-state index in [2.05, 4.69) is 27.2 Å². The fourth-order valence-corrected chi connectivity index (χ4v) is 2.64. The molecule has 1 aliphatic heterocycles. The number of rotatable bonds is 4. The van der Waals surface area contributed by atoms with E-state index in [1.54, 1.807) is 29.9 Å². The van der Waals surface area contributed by atoms with E-state index in [-0.39, 0.29) is 11.7 Å². The van der Waals surface area contributed by atoms with Gasteiger partial charge in [-0.05, 0) is 24.1 Å². The Bertz CT molecular complexity index is 832. The Kier molecular flexibility index (Phi) is 6.00. The first-order valence-electron chi connectivity index (χ1n) is 8.52. The molecule has 0 bridgehead atoms. The highest BCUT2D eigenvalue weighted by atomic mass is 19.1. The van der Waals surface area contributed by atoms with Crippen molar-refractivity contribution in [3.05, 3.63) is 53.1 Å². The summed E-state index contributed by atoms with van der Waals surface area (Å²) in [6.07, 6.45) is 0. The van der Waals surface area contributed by atoms with E-state index in [0.717, 1.165) is 32.8 Å². The van der Waals surface area contributed by atoms with Crippen LogP contribution in [0.3, 0.4) is 0 Å². The van der Waals surface area contributed by atoms with Crippen molar-refractivity contribution in [2.45, 2.75) is 0 Å². The number of amides is 1. The first-order chi connectivity index (χ1) is 12.6. The summed E-state index contributed by atoms with van der Waals surface area (Å²) in [4.78, 5) is 14.5. The standard InChI is InChI=1S/C19H21FN4O2/c1-23-17(6-5-15-3-2-4-16(20)13-15)14-18(22-23)19(25)21-7-8-24-9-11-26-12-10-24/h2-4,13-14H,7-12H2,1H3,(H,21,25). The smallest absolute Gasteiger partial charge is 0.271 e. The lowest BCUT2D eigenvalue weighted by atomic mass is 10.2. The van der Waals surface area contributed by atoms with Gasteiger partial charge in [0, 0.05) is 44.9 Å². The van der Waals surface area contributed by atoms with Crippen LogP contribution in [0, 0.1) is 17.7 Å². The lowest BCUT2D eigenvalue weighted by molar-refractivity contribution is 0.0383. The number of carbonyl (C=O) groups excluding carboxylic acids is 1. The molecule has 136 valence electrons. The maximum Gasteiger partial charge on any atom is 0.271 e. The minimum atomic E-state index is -0.331. The zero-order valence-corrected chi connectivity index (χ0v) is 14.7. The monoisotopic (exact) mass is 356 g/mol. The number of halogens is 1. The second-order valence-corrected chi connectivity index (χ2v) is 6.01. The van der Waals surface area contributed by atoms with Gasteiger partial charge >= 0.3 is 0 Å². The average Bonchev–Trinajstić information content (AvgIpc) is 3.02.